The first kappa shape index (κ1) is 16.4. The van der Waals surface area contributed by atoms with Gasteiger partial charge >= 0.3 is 5.97 Å². The lowest BCUT2D eigenvalue weighted by molar-refractivity contribution is -0.143. The average molecular weight is 326 g/mol. The Morgan fingerprint density at radius 3 is 2.68 bits per heavy atom. The Morgan fingerprint density at radius 2 is 2.05 bits per heavy atom. The molecular formula is C14H18N2O5S. The minimum Gasteiger partial charge on any atom is -0.480 e. The zero-order valence-corrected chi connectivity index (χ0v) is 12.8. The van der Waals surface area contributed by atoms with E-state index < -0.39 is 27.9 Å². The fourth-order valence-corrected chi connectivity index (χ4v) is 3.27. The molecule has 0 aliphatic carbocycles. The third-order valence-electron chi connectivity index (χ3n) is 3.59. The van der Waals surface area contributed by atoms with E-state index in [1.54, 1.807) is 18.2 Å². The molecule has 0 aromatic heterocycles. The van der Waals surface area contributed by atoms with Gasteiger partial charge in [0.05, 0.1) is 5.75 Å². The second kappa shape index (κ2) is 6.45. The van der Waals surface area contributed by atoms with Crippen LogP contribution in [0.5, 0.6) is 0 Å². The van der Waals surface area contributed by atoms with Crippen LogP contribution in [0.1, 0.15) is 35.2 Å². The van der Waals surface area contributed by atoms with Crippen molar-refractivity contribution in [1.82, 2.24) is 4.90 Å². The first-order valence-electron chi connectivity index (χ1n) is 6.91. The number of carboxylic acids is 1. The van der Waals surface area contributed by atoms with Gasteiger partial charge in [-0.15, -0.1) is 0 Å². The minimum absolute atomic E-state index is 0.272. The number of hydrogen-bond acceptors (Lipinski definition) is 4. The van der Waals surface area contributed by atoms with Crippen LogP contribution in [0, 0.1) is 0 Å². The molecule has 1 aromatic rings. The molecule has 1 amide bonds. The molecule has 22 heavy (non-hydrogen) atoms. The summed E-state index contributed by atoms with van der Waals surface area (Å²) < 4.78 is 22.3. The van der Waals surface area contributed by atoms with Gasteiger partial charge in [-0.1, -0.05) is 12.1 Å². The number of sulfonamides is 1. The summed E-state index contributed by atoms with van der Waals surface area (Å²) in [5.41, 5.74) is 0.673. The molecule has 0 bridgehead atoms. The number of rotatable bonds is 4. The molecule has 8 heteroatoms. The maximum atomic E-state index is 12.5. The van der Waals surface area contributed by atoms with Crippen molar-refractivity contribution in [3.8, 4) is 0 Å². The maximum Gasteiger partial charge on any atom is 0.326 e. The highest BCUT2D eigenvalue weighted by Crippen LogP contribution is 2.20. The highest BCUT2D eigenvalue weighted by molar-refractivity contribution is 7.88. The smallest absolute Gasteiger partial charge is 0.326 e. The molecule has 1 atom stereocenters. The number of hydrogen-bond donors (Lipinski definition) is 2. The SMILES string of the molecule is NS(=O)(=O)Cc1cccc(C(=O)N2CCCCC2C(=O)O)c1. The number of carboxylic acid groups (broad SMARTS) is 1. The second-order valence-electron chi connectivity index (χ2n) is 5.36. The van der Waals surface area contributed by atoms with Crippen molar-refractivity contribution in [2.45, 2.75) is 31.1 Å². The summed E-state index contributed by atoms with van der Waals surface area (Å²) in [5.74, 6) is -1.78. The van der Waals surface area contributed by atoms with Crippen molar-refractivity contribution in [2.24, 2.45) is 5.14 Å². The predicted molar refractivity (Wildman–Crippen MR) is 79.6 cm³/mol. The molecule has 1 saturated heterocycles. The summed E-state index contributed by atoms with van der Waals surface area (Å²) in [7, 11) is -3.69. The Hall–Kier alpha value is -1.93. The maximum absolute atomic E-state index is 12.5. The monoisotopic (exact) mass is 326 g/mol. The molecular weight excluding hydrogens is 308 g/mol. The van der Waals surface area contributed by atoms with E-state index in [9.17, 15) is 23.1 Å². The standard InChI is InChI=1S/C14H18N2O5S/c15-22(20,21)9-10-4-3-5-11(8-10)13(17)16-7-2-1-6-12(16)14(18)19/h3-5,8,12H,1-2,6-7,9H2,(H,18,19)(H2,15,20,21). The van der Waals surface area contributed by atoms with Gasteiger partial charge in [0, 0.05) is 12.1 Å². The summed E-state index contributed by atoms with van der Waals surface area (Å²) >= 11 is 0. The number of carbonyl (C=O) groups is 2. The van der Waals surface area contributed by atoms with E-state index in [2.05, 4.69) is 0 Å². The van der Waals surface area contributed by atoms with Crippen LogP contribution in [0.2, 0.25) is 0 Å². The van der Waals surface area contributed by atoms with E-state index in [1.807, 2.05) is 0 Å². The van der Waals surface area contributed by atoms with Gasteiger partial charge in [-0.3, -0.25) is 4.79 Å². The molecule has 1 heterocycles. The number of nitrogens with two attached hydrogens (primary N) is 1. The molecule has 0 saturated carbocycles. The first-order chi connectivity index (χ1) is 10.3. The highest BCUT2D eigenvalue weighted by Gasteiger charge is 2.32. The summed E-state index contributed by atoms with van der Waals surface area (Å²) in [4.78, 5) is 25.1. The van der Waals surface area contributed by atoms with Crippen molar-refractivity contribution in [1.29, 1.82) is 0 Å². The molecule has 120 valence electrons. The Balaban J connectivity index is 2.25. The van der Waals surface area contributed by atoms with Crippen molar-refractivity contribution >= 4 is 21.9 Å². The molecule has 1 unspecified atom stereocenters. The van der Waals surface area contributed by atoms with E-state index in [-0.39, 0.29) is 11.3 Å². The van der Waals surface area contributed by atoms with Crippen LogP contribution in [0.3, 0.4) is 0 Å². The summed E-state index contributed by atoms with van der Waals surface area (Å²) in [5, 5.41) is 14.2. The number of piperidine rings is 1. The number of nitrogens with zero attached hydrogens (tertiary/aromatic N) is 1. The van der Waals surface area contributed by atoms with Gasteiger partial charge in [0.1, 0.15) is 6.04 Å². The molecule has 1 aliphatic rings. The van der Waals surface area contributed by atoms with Crippen LogP contribution in [-0.4, -0.2) is 42.9 Å². The number of likely N-dealkylation sites (tertiary alicyclic amines) is 1. The van der Waals surface area contributed by atoms with E-state index >= 15 is 0 Å². The molecule has 1 fully saturated rings. The molecule has 0 spiro atoms. The number of aliphatic carboxylic acids is 1. The molecule has 0 radical (unpaired) electrons. The summed E-state index contributed by atoms with van der Waals surface area (Å²) in [6.07, 6.45) is 1.95. The summed E-state index contributed by atoms with van der Waals surface area (Å²) in [6, 6.07) is 5.28. The second-order valence-corrected chi connectivity index (χ2v) is 6.97. The van der Waals surface area contributed by atoms with Gasteiger partial charge in [-0.2, -0.15) is 0 Å². The Bertz CT molecular complexity index is 686. The minimum atomic E-state index is -3.69. The van der Waals surface area contributed by atoms with Crippen molar-refractivity contribution < 1.29 is 23.1 Å². The third kappa shape index (κ3) is 4.05. The van der Waals surface area contributed by atoms with E-state index in [4.69, 9.17) is 5.14 Å². The zero-order chi connectivity index (χ0) is 16.3. The lowest BCUT2D eigenvalue weighted by atomic mass is 10.0. The molecule has 1 aliphatic heterocycles. The van der Waals surface area contributed by atoms with Crippen LogP contribution in [0.4, 0.5) is 0 Å². The van der Waals surface area contributed by atoms with Gasteiger partial charge in [0.2, 0.25) is 10.0 Å². The molecule has 7 nitrogen and oxygen atoms in total. The quantitative estimate of drug-likeness (QED) is 0.838. The fourth-order valence-electron chi connectivity index (χ4n) is 2.62. The van der Waals surface area contributed by atoms with Gasteiger partial charge in [0.15, 0.2) is 0 Å². The van der Waals surface area contributed by atoms with Crippen LogP contribution < -0.4 is 5.14 Å². The van der Waals surface area contributed by atoms with Crippen molar-refractivity contribution in [2.75, 3.05) is 6.54 Å². The van der Waals surface area contributed by atoms with E-state index in [0.717, 1.165) is 12.8 Å². The lowest BCUT2D eigenvalue weighted by Crippen LogP contribution is -2.48. The topological polar surface area (TPSA) is 118 Å². The van der Waals surface area contributed by atoms with Crippen LogP contribution in [0.25, 0.3) is 0 Å². The normalized spacial score (nSPS) is 19.0. The number of primary sulfonamides is 1. The Kier molecular flexibility index (Phi) is 4.82. The Labute approximate surface area is 128 Å². The molecule has 1 aromatic carbocycles. The molecule has 3 N–H and O–H groups in total. The highest BCUT2D eigenvalue weighted by atomic mass is 32.2. The number of benzene rings is 1. The van der Waals surface area contributed by atoms with Crippen LogP contribution in [-0.2, 0) is 20.6 Å². The Morgan fingerprint density at radius 1 is 1.32 bits per heavy atom. The largest absolute Gasteiger partial charge is 0.480 e. The van der Waals surface area contributed by atoms with Crippen molar-refractivity contribution in [3.05, 3.63) is 35.4 Å². The number of amides is 1. The van der Waals surface area contributed by atoms with Crippen LogP contribution >= 0.6 is 0 Å². The molecule has 2 rings (SSSR count). The predicted octanol–water partition coefficient (Wildman–Crippen LogP) is 0.554. The first-order valence-corrected chi connectivity index (χ1v) is 8.62. The van der Waals surface area contributed by atoms with E-state index in [0.29, 0.717) is 18.5 Å². The average Bonchev–Trinajstić information content (AvgIpc) is 2.45. The number of carbonyl (C=O) groups excluding carboxylic acids is 1. The fraction of sp³-hybridized carbons (Fsp3) is 0.429. The van der Waals surface area contributed by atoms with Gasteiger partial charge < -0.3 is 10.0 Å². The van der Waals surface area contributed by atoms with E-state index in [1.165, 1.54) is 11.0 Å². The lowest BCUT2D eigenvalue weighted by Gasteiger charge is -2.33. The van der Waals surface area contributed by atoms with Crippen molar-refractivity contribution in [3.63, 3.8) is 0 Å². The van der Waals surface area contributed by atoms with Gasteiger partial charge in [-0.05, 0) is 37.0 Å². The third-order valence-corrected chi connectivity index (χ3v) is 4.33. The summed E-state index contributed by atoms with van der Waals surface area (Å²) in [6.45, 7) is 0.384. The van der Waals surface area contributed by atoms with Crippen LogP contribution in [0.15, 0.2) is 24.3 Å². The van der Waals surface area contributed by atoms with Gasteiger partial charge in [0.25, 0.3) is 5.91 Å². The zero-order valence-electron chi connectivity index (χ0n) is 11.9. The van der Waals surface area contributed by atoms with Gasteiger partial charge in [-0.25, -0.2) is 18.4 Å².